The maximum Gasteiger partial charge on any atom is 0.320 e. The van der Waals surface area contributed by atoms with Crippen LogP contribution in [-0.4, -0.2) is 64.3 Å². The zero-order valence-corrected chi connectivity index (χ0v) is 11.5. The number of urea groups is 1. The van der Waals surface area contributed by atoms with E-state index >= 15 is 0 Å². The van der Waals surface area contributed by atoms with Crippen LogP contribution in [0.1, 0.15) is 39.0 Å². The zero-order chi connectivity index (χ0) is 14.3. The SMILES string of the molecule is CCN(CCC(=O)O)C(=O)N1CCCC1CCCO. The first-order chi connectivity index (χ1) is 9.10. The average Bonchev–Trinajstić information content (AvgIpc) is 2.84. The molecule has 0 radical (unpaired) electrons. The summed E-state index contributed by atoms with van der Waals surface area (Å²) in [5, 5.41) is 17.6. The van der Waals surface area contributed by atoms with Crippen LogP contribution in [0.4, 0.5) is 4.79 Å². The Morgan fingerprint density at radius 1 is 1.42 bits per heavy atom. The van der Waals surface area contributed by atoms with Gasteiger partial charge in [0.25, 0.3) is 0 Å². The van der Waals surface area contributed by atoms with Crippen molar-refractivity contribution in [1.29, 1.82) is 0 Å². The number of aliphatic hydroxyl groups excluding tert-OH is 1. The molecule has 1 unspecified atom stereocenters. The molecule has 0 aromatic heterocycles. The standard InChI is InChI=1S/C13H24N2O4/c1-2-14(9-7-12(17)18)13(19)15-8-3-5-11(15)6-4-10-16/h11,16H,2-10H2,1H3,(H,17,18). The van der Waals surface area contributed by atoms with Crippen LogP contribution in [-0.2, 0) is 4.79 Å². The lowest BCUT2D eigenvalue weighted by molar-refractivity contribution is -0.137. The Hall–Kier alpha value is -1.30. The highest BCUT2D eigenvalue weighted by atomic mass is 16.4. The second kappa shape index (κ2) is 7.99. The van der Waals surface area contributed by atoms with Crippen molar-refractivity contribution in [3.63, 3.8) is 0 Å². The first-order valence-electron chi connectivity index (χ1n) is 6.98. The molecule has 1 heterocycles. The lowest BCUT2D eigenvalue weighted by atomic mass is 10.1. The summed E-state index contributed by atoms with van der Waals surface area (Å²) in [5.74, 6) is -0.885. The molecule has 19 heavy (non-hydrogen) atoms. The topological polar surface area (TPSA) is 81.1 Å². The van der Waals surface area contributed by atoms with Crippen LogP contribution in [0, 0.1) is 0 Å². The van der Waals surface area contributed by atoms with E-state index in [4.69, 9.17) is 10.2 Å². The van der Waals surface area contributed by atoms with E-state index in [1.165, 1.54) is 0 Å². The summed E-state index contributed by atoms with van der Waals surface area (Å²) in [6, 6.07) is 0.128. The molecule has 6 heteroatoms. The Labute approximate surface area is 114 Å². The number of carbonyl (C=O) groups excluding carboxylic acids is 1. The lowest BCUT2D eigenvalue weighted by Gasteiger charge is -2.31. The number of rotatable bonds is 7. The number of nitrogens with zero attached hydrogens (tertiary/aromatic N) is 2. The van der Waals surface area contributed by atoms with Crippen molar-refractivity contribution in [2.45, 2.75) is 45.1 Å². The Morgan fingerprint density at radius 3 is 2.74 bits per heavy atom. The van der Waals surface area contributed by atoms with Gasteiger partial charge in [-0.15, -0.1) is 0 Å². The van der Waals surface area contributed by atoms with Crippen molar-refractivity contribution < 1.29 is 19.8 Å². The largest absolute Gasteiger partial charge is 0.481 e. The summed E-state index contributed by atoms with van der Waals surface area (Å²) >= 11 is 0. The number of carbonyl (C=O) groups is 2. The van der Waals surface area contributed by atoms with Gasteiger partial charge < -0.3 is 20.0 Å². The Bertz CT molecular complexity index is 309. The van der Waals surface area contributed by atoms with E-state index in [2.05, 4.69) is 0 Å². The second-order valence-corrected chi connectivity index (χ2v) is 4.86. The van der Waals surface area contributed by atoms with E-state index in [0.29, 0.717) is 13.0 Å². The van der Waals surface area contributed by atoms with Gasteiger partial charge in [0.1, 0.15) is 0 Å². The molecule has 1 aliphatic heterocycles. The third-order valence-corrected chi connectivity index (χ3v) is 3.57. The number of aliphatic hydroxyl groups is 1. The highest BCUT2D eigenvalue weighted by Gasteiger charge is 2.30. The fraction of sp³-hybridized carbons (Fsp3) is 0.846. The van der Waals surface area contributed by atoms with Crippen LogP contribution < -0.4 is 0 Å². The number of carboxylic acids is 1. The van der Waals surface area contributed by atoms with E-state index in [1.807, 2.05) is 11.8 Å². The molecule has 1 atom stereocenters. The summed E-state index contributed by atoms with van der Waals surface area (Å²) in [6.45, 7) is 3.52. The molecular weight excluding hydrogens is 248 g/mol. The molecule has 0 saturated carbocycles. The summed E-state index contributed by atoms with van der Waals surface area (Å²) in [4.78, 5) is 26.4. The summed E-state index contributed by atoms with van der Waals surface area (Å²) in [5.41, 5.74) is 0. The van der Waals surface area contributed by atoms with Gasteiger partial charge in [0.05, 0.1) is 6.42 Å². The quantitative estimate of drug-likeness (QED) is 0.728. The van der Waals surface area contributed by atoms with Gasteiger partial charge in [0.2, 0.25) is 0 Å². The molecule has 1 fully saturated rings. The molecule has 0 aromatic rings. The Balaban J connectivity index is 2.54. The van der Waals surface area contributed by atoms with Gasteiger partial charge in [-0.2, -0.15) is 0 Å². The van der Waals surface area contributed by atoms with Crippen LogP contribution in [0.2, 0.25) is 0 Å². The summed E-state index contributed by atoms with van der Waals surface area (Å²) in [7, 11) is 0. The van der Waals surface area contributed by atoms with Gasteiger partial charge in [-0.1, -0.05) is 0 Å². The van der Waals surface area contributed by atoms with Gasteiger partial charge in [0, 0.05) is 32.3 Å². The molecule has 2 amide bonds. The lowest BCUT2D eigenvalue weighted by Crippen LogP contribution is -2.46. The fourth-order valence-electron chi connectivity index (χ4n) is 2.52. The van der Waals surface area contributed by atoms with Crippen LogP contribution >= 0.6 is 0 Å². The van der Waals surface area contributed by atoms with Crippen molar-refractivity contribution in [3.05, 3.63) is 0 Å². The van der Waals surface area contributed by atoms with E-state index in [1.54, 1.807) is 4.90 Å². The van der Waals surface area contributed by atoms with Crippen molar-refractivity contribution in [1.82, 2.24) is 9.80 Å². The molecule has 0 aliphatic carbocycles. The third-order valence-electron chi connectivity index (χ3n) is 3.57. The predicted molar refractivity (Wildman–Crippen MR) is 70.9 cm³/mol. The van der Waals surface area contributed by atoms with Crippen molar-refractivity contribution >= 4 is 12.0 Å². The molecule has 1 saturated heterocycles. The Morgan fingerprint density at radius 2 is 2.16 bits per heavy atom. The summed E-state index contributed by atoms with van der Waals surface area (Å²) in [6.07, 6.45) is 3.46. The minimum atomic E-state index is -0.885. The molecule has 6 nitrogen and oxygen atoms in total. The first kappa shape index (κ1) is 15.8. The summed E-state index contributed by atoms with van der Waals surface area (Å²) < 4.78 is 0. The molecule has 2 N–H and O–H groups in total. The maximum atomic E-state index is 12.4. The third kappa shape index (κ3) is 4.70. The predicted octanol–water partition coefficient (Wildman–Crippen LogP) is 1.14. The monoisotopic (exact) mass is 272 g/mol. The highest BCUT2D eigenvalue weighted by molar-refractivity contribution is 5.76. The van der Waals surface area contributed by atoms with E-state index in [0.717, 1.165) is 25.8 Å². The molecule has 0 aromatic carbocycles. The van der Waals surface area contributed by atoms with Crippen LogP contribution in [0.15, 0.2) is 0 Å². The molecule has 110 valence electrons. The first-order valence-corrected chi connectivity index (χ1v) is 6.98. The van der Waals surface area contributed by atoms with Crippen LogP contribution in [0.5, 0.6) is 0 Å². The molecule has 0 spiro atoms. The minimum absolute atomic E-state index is 0.0191. The van der Waals surface area contributed by atoms with Crippen LogP contribution in [0.3, 0.4) is 0 Å². The normalized spacial score (nSPS) is 18.6. The van der Waals surface area contributed by atoms with Gasteiger partial charge in [0.15, 0.2) is 0 Å². The average molecular weight is 272 g/mol. The maximum absolute atomic E-state index is 12.4. The van der Waals surface area contributed by atoms with Gasteiger partial charge >= 0.3 is 12.0 Å². The highest BCUT2D eigenvalue weighted by Crippen LogP contribution is 2.22. The molecule has 1 rings (SSSR count). The number of amides is 2. The van der Waals surface area contributed by atoms with E-state index in [9.17, 15) is 9.59 Å². The minimum Gasteiger partial charge on any atom is -0.481 e. The number of hydrogen-bond acceptors (Lipinski definition) is 3. The number of carboxylic acid groups (broad SMARTS) is 1. The van der Waals surface area contributed by atoms with E-state index < -0.39 is 5.97 Å². The van der Waals surface area contributed by atoms with E-state index in [-0.39, 0.29) is 31.6 Å². The molecular formula is C13H24N2O4. The number of hydrogen-bond donors (Lipinski definition) is 2. The van der Waals surface area contributed by atoms with Gasteiger partial charge in [-0.25, -0.2) is 4.79 Å². The molecule has 0 bridgehead atoms. The van der Waals surface area contributed by atoms with Crippen molar-refractivity contribution in [2.24, 2.45) is 0 Å². The van der Waals surface area contributed by atoms with Gasteiger partial charge in [-0.3, -0.25) is 4.79 Å². The second-order valence-electron chi connectivity index (χ2n) is 4.86. The molecule has 1 aliphatic rings. The van der Waals surface area contributed by atoms with Gasteiger partial charge in [-0.05, 0) is 32.6 Å². The van der Waals surface area contributed by atoms with Crippen molar-refractivity contribution in [2.75, 3.05) is 26.2 Å². The fourth-order valence-corrected chi connectivity index (χ4v) is 2.52. The number of likely N-dealkylation sites (tertiary alicyclic amines) is 1. The van der Waals surface area contributed by atoms with Crippen LogP contribution in [0.25, 0.3) is 0 Å². The Kier molecular flexibility index (Phi) is 6.62. The van der Waals surface area contributed by atoms with Crippen molar-refractivity contribution in [3.8, 4) is 0 Å². The smallest absolute Gasteiger partial charge is 0.320 e. The zero-order valence-electron chi connectivity index (χ0n) is 11.5. The number of aliphatic carboxylic acids is 1.